The fraction of sp³-hybridized carbons (Fsp3) is 0.235. The zero-order valence-electron chi connectivity index (χ0n) is 13.2. The SMILES string of the molecule is C[C@H](NC(=O)Cc1ccc(Cl)cc1F)c1ccc(S(C)(=O)=O)cc1. The Labute approximate surface area is 145 Å². The zero-order valence-corrected chi connectivity index (χ0v) is 14.8. The number of benzene rings is 2. The summed E-state index contributed by atoms with van der Waals surface area (Å²) in [5.41, 5.74) is 1.02. The van der Waals surface area contributed by atoms with Crippen molar-refractivity contribution in [2.24, 2.45) is 0 Å². The molecule has 0 spiro atoms. The lowest BCUT2D eigenvalue weighted by molar-refractivity contribution is -0.121. The van der Waals surface area contributed by atoms with Gasteiger partial charge in [-0.2, -0.15) is 0 Å². The summed E-state index contributed by atoms with van der Waals surface area (Å²) < 4.78 is 36.6. The van der Waals surface area contributed by atoms with E-state index in [4.69, 9.17) is 11.6 Å². The molecule has 0 saturated carbocycles. The Hall–Kier alpha value is -1.92. The Morgan fingerprint density at radius 2 is 1.83 bits per heavy atom. The van der Waals surface area contributed by atoms with Gasteiger partial charge in [-0.1, -0.05) is 29.8 Å². The number of carbonyl (C=O) groups excluding carboxylic acids is 1. The van der Waals surface area contributed by atoms with E-state index in [0.29, 0.717) is 0 Å². The lowest BCUT2D eigenvalue weighted by Crippen LogP contribution is -2.28. The van der Waals surface area contributed by atoms with E-state index >= 15 is 0 Å². The second kappa shape index (κ2) is 7.32. The number of sulfone groups is 1. The van der Waals surface area contributed by atoms with E-state index in [1.54, 1.807) is 19.1 Å². The fourth-order valence-corrected chi connectivity index (χ4v) is 3.01. The van der Waals surface area contributed by atoms with Gasteiger partial charge in [0.1, 0.15) is 5.82 Å². The molecule has 2 aromatic rings. The number of rotatable bonds is 5. The average molecular weight is 370 g/mol. The van der Waals surface area contributed by atoms with E-state index in [0.717, 1.165) is 17.9 Å². The van der Waals surface area contributed by atoms with Crippen molar-refractivity contribution >= 4 is 27.3 Å². The van der Waals surface area contributed by atoms with Crippen molar-refractivity contribution in [1.29, 1.82) is 0 Å². The summed E-state index contributed by atoms with van der Waals surface area (Å²) in [4.78, 5) is 12.3. The molecule has 0 aromatic heterocycles. The van der Waals surface area contributed by atoms with Crippen LogP contribution < -0.4 is 5.32 Å². The molecule has 0 aliphatic carbocycles. The van der Waals surface area contributed by atoms with Crippen molar-refractivity contribution in [2.45, 2.75) is 24.3 Å². The third-order valence-corrected chi connectivity index (χ3v) is 4.92. The van der Waals surface area contributed by atoms with Crippen LogP contribution in [0.5, 0.6) is 0 Å². The second-order valence-corrected chi connectivity index (χ2v) is 8.00. The topological polar surface area (TPSA) is 63.2 Å². The quantitative estimate of drug-likeness (QED) is 0.879. The first-order chi connectivity index (χ1) is 11.2. The minimum atomic E-state index is -3.26. The highest BCUT2D eigenvalue weighted by atomic mass is 35.5. The minimum Gasteiger partial charge on any atom is -0.349 e. The standard InChI is InChI=1S/C17H17ClFNO3S/c1-11(12-4-7-15(8-5-12)24(2,22)23)20-17(21)9-13-3-6-14(18)10-16(13)19/h3-8,10-11H,9H2,1-2H3,(H,20,21)/t11-/m0/s1. The molecule has 1 N–H and O–H groups in total. The van der Waals surface area contributed by atoms with Crippen LogP contribution >= 0.6 is 11.6 Å². The second-order valence-electron chi connectivity index (χ2n) is 5.54. The smallest absolute Gasteiger partial charge is 0.225 e. The summed E-state index contributed by atoms with van der Waals surface area (Å²) in [6.45, 7) is 1.77. The molecule has 0 aliphatic rings. The lowest BCUT2D eigenvalue weighted by atomic mass is 10.1. The highest BCUT2D eigenvalue weighted by molar-refractivity contribution is 7.90. The summed E-state index contributed by atoms with van der Waals surface area (Å²) in [5, 5.41) is 3.03. The number of amides is 1. The molecule has 0 radical (unpaired) electrons. The molecule has 1 atom stereocenters. The molecule has 0 aliphatic heterocycles. The molecule has 1 amide bonds. The highest BCUT2D eigenvalue weighted by Crippen LogP contribution is 2.18. The number of nitrogens with one attached hydrogen (secondary N) is 1. The number of hydrogen-bond donors (Lipinski definition) is 1. The van der Waals surface area contributed by atoms with Crippen molar-refractivity contribution in [3.63, 3.8) is 0 Å². The van der Waals surface area contributed by atoms with Crippen LogP contribution in [0.3, 0.4) is 0 Å². The molecule has 0 heterocycles. The van der Waals surface area contributed by atoms with E-state index in [1.807, 2.05) is 0 Å². The van der Waals surface area contributed by atoms with Gasteiger partial charge in [0.15, 0.2) is 9.84 Å². The molecule has 0 fully saturated rings. The van der Waals surface area contributed by atoms with E-state index in [9.17, 15) is 17.6 Å². The van der Waals surface area contributed by atoms with Gasteiger partial charge in [0.25, 0.3) is 0 Å². The molecule has 128 valence electrons. The van der Waals surface area contributed by atoms with Gasteiger partial charge in [-0.15, -0.1) is 0 Å². The van der Waals surface area contributed by atoms with Gasteiger partial charge in [-0.05, 0) is 42.3 Å². The third-order valence-electron chi connectivity index (χ3n) is 3.55. The van der Waals surface area contributed by atoms with Crippen molar-refractivity contribution in [2.75, 3.05) is 6.26 Å². The molecule has 0 saturated heterocycles. The largest absolute Gasteiger partial charge is 0.349 e. The first-order valence-electron chi connectivity index (χ1n) is 7.20. The molecule has 24 heavy (non-hydrogen) atoms. The van der Waals surface area contributed by atoms with Crippen LogP contribution in [-0.2, 0) is 21.1 Å². The van der Waals surface area contributed by atoms with Gasteiger partial charge in [-0.3, -0.25) is 4.79 Å². The van der Waals surface area contributed by atoms with Crippen LogP contribution in [0, 0.1) is 5.82 Å². The van der Waals surface area contributed by atoms with E-state index in [2.05, 4.69) is 5.32 Å². The summed E-state index contributed by atoms with van der Waals surface area (Å²) in [6, 6.07) is 10.1. The Bertz CT molecular complexity index is 851. The summed E-state index contributed by atoms with van der Waals surface area (Å²) in [5.74, 6) is -0.862. The molecule has 0 bridgehead atoms. The van der Waals surface area contributed by atoms with Crippen LogP contribution in [0.1, 0.15) is 24.1 Å². The molecular formula is C17H17ClFNO3S. The van der Waals surface area contributed by atoms with Crippen molar-refractivity contribution in [3.8, 4) is 0 Å². The minimum absolute atomic E-state index is 0.102. The summed E-state index contributed by atoms with van der Waals surface area (Å²) >= 11 is 5.68. The Kier molecular flexibility index (Phi) is 5.62. The van der Waals surface area contributed by atoms with Crippen LogP contribution in [0.4, 0.5) is 4.39 Å². The Morgan fingerprint density at radius 3 is 2.38 bits per heavy atom. The molecule has 2 aromatic carbocycles. The maximum atomic E-state index is 13.7. The maximum absolute atomic E-state index is 13.7. The lowest BCUT2D eigenvalue weighted by Gasteiger charge is -2.15. The number of hydrogen-bond acceptors (Lipinski definition) is 3. The van der Waals surface area contributed by atoms with Crippen LogP contribution in [-0.4, -0.2) is 20.6 Å². The van der Waals surface area contributed by atoms with E-state index in [-0.39, 0.29) is 33.9 Å². The first-order valence-corrected chi connectivity index (χ1v) is 9.47. The Morgan fingerprint density at radius 1 is 1.21 bits per heavy atom. The molecular weight excluding hydrogens is 353 g/mol. The summed E-state index contributed by atoms with van der Waals surface area (Å²) in [6.07, 6.45) is 1.03. The van der Waals surface area contributed by atoms with E-state index < -0.39 is 15.7 Å². The van der Waals surface area contributed by atoms with Crippen molar-refractivity contribution in [3.05, 3.63) is 64.4 Å². The summed E-state index contributed by atoms with van der Waals surface area (Å²) in [7, 11) is -3.26. The van der Waals surface area contributed by atoms with Crippen molar-refractivity contribution in [1.82, 2.24) is 5.32 Å². The predicted octanol–water partition coefficient (Wildman–Crippen LogP) is 3.30. The molecule has 2 rings (SSSR count). The van der Waals surface area contributed by atoms with Gasteiger partial charge in [0, 0.05) is 11.3 Å². The third kappa shape index (κ3) is 4.79. The van der Waals surface area contributed by atoms with Gasteiger partial charge >= 0.3 is 0 Å². The van der Waals surface area contributed by atoms with Gasteiger partial charge in [0.05, 0.1) is 17.4 Å². The normalized spacial score (nSPS) is 12.7. The average Bonchev–Trinajstić information content (AvgIpc) is 2.49. The van der Waals surface area contributed by atoms with Crippen LogP contribution in [0.2, 0.25) is 5.02 Å². The predicted molar refractivity (Wildman–Crippen MR) is 91.2 cm³/mol. The molecule has 4 nitrogen and oxygen atoms in total. The molecule has 0 unspecified atom stereocenters. The Balaban J connectivity index is 2.03. The number of carbonyl (C=O) groups is 1. The van der Waals surface area contributed by atoms with E-state index in [1.165, 1.54) is 24.3 Å². The van der Waals surface area contributed by atoms with Crippen LogP contribution in [0.15, 0.2) is 47.4 Å². The monoisotopic (exact) mass is 369 g/mol. The first kappa shape index (κ1) is 18.4. The van der Waals surface area contributed by atoms with Gasteiger partial charge < -0.3 is 5.32 Å². The number of halogens is 2. The fourth-order valence-electron chi connectivity index (χ4n) is 2.22. The zero-order chi connectivity index (χ0) is 17.9. The maximum Gasteiger partial charge on any atom is 0.225 e. The molecule has 7 heteroatoms. The van der Waals surface area contributed by atoms with Gasteiger partial charge in [-0.25, -0.2) is 12.8 Å². The van der Waals surface area contributed by atoms with Crippen LogP contribution in [0.25, 0.3) is 0 Å². The van der Waals surface area contributed by atoms with Gasteiger partial charge in [0.2, 0.25) is 5.91 Å². The van der Waals surface area contributed by atoms with Crippen molar-refractivity contribution < 1.29 is 17.6 Å². The highest BCUT2D eigenvalue weighted by Gasteiger charge is 2.14.